The van der Waals surface area contributed by atoms with E-state index in [-0.39, 0.29) is 5.82 Å². The van der Waals surface area contributed by atoms with Crippen LogP contribution in [0.2, 0.25) is 0 Å². The lowest BCUT2D eigenvalue weighted by atomic mass is 10.0. The summed E-state index contributed by atoms with van der Waals surface area (Å²) in [6, 6.07) is 10.0. The lowest BCUT2D eigenvalue weighted by Crippen LogP contribution is -2.15. The molecule has 0 amide bonds. The fourth-order valence-corrected chi connectivity index (χ4v) is 2.29. The molecule has 0 aliphatic carbocycles. The van der Waals surface area contributed by atoms with Gasteiger partial charge in [0.05, 0.1) is 18.0 Å². The number of H-pyrrole nitrogens is 1. The number of nitrogens with one attached hydrogen (secondary N) is 2. The number of halogens is 1. The maximum absolute atomic E-state index is 13.1. The molecule has 5 nitrogen and oxygen atoms in total. The van der Waals surface area contributed by atoms with E-state index in [0.717, 1.165) is 22.4 Å². The Kier molecular flexibility index (Phi) is 4.34. The number of hydrogen-bond acceptors (Lipinski definition) is 4. The zero-order valence-electron chi connectivity index (χ0n) is 12.6. The molecule has 0 unspecified atom stereocenters. The molecule has 6 heteroatoms. The zero-order valence-corrected chi connectivity index (χ0v) is 12.6. The number of hydrogen-bond donors (Lipinski definition) is 3. The molecule has 0 aliphatic heterocycles. The highest BCUT2D eigenvalue weighted by molar-refractivity contribution is 5.81. The van der Waals surface area contributed by atoms with Crippen LogP contribution in [-0.2, 0) is 0 Å². The van der Waals surface area contributed by atoms with Gasteiger partial charge in [0.15, 0.2) is 0 Å². The van der Waals surface area contributed by atoms with Crippen molar-refractivity contribution in [1.82, 2.24) is 15.2 Å². The third-order valence-corrected chi connectivity index (χ3v) is 3.42. The second-order valence-corrected chi connectivity index (χ2v) is 5.33. The third-order valence-electron chi connectivity index (χ3n) is 3.42. The fourth-order valence-electron chi connectivity index (χ4n) is 2.29. The highest BCUT2D eigenvalue weighted by Gasteiger charge is 2.11. The molecule has 0 radical (unpaired) electrons. The minimum Gasteiger partial charge on any atom is -0.392 e. The molecule has 0 saturated carbocycles. The first-order chi connectivity index (χ1) is 11.1. The second kappa shape index (κ2) is 6.58. The highest BCUT2D eigenvalue weighted by Crippen LogP contribution is 2.30. The van der Waals surface area contributed by atoms with Crippen LogP contribution < -0.4 is 5.32 Å². The molecule has 0 aliphatic rings. The molecule has 1 aromatic carbocycles. The first-order valence-corrected chi connectivity index (χ1v) is 7.31. The van der Waals surface area contributed by atoms with Crippen molar-refractivity contribution in [2.45, 2.75) is 13.0 Å². The summed E-state index contributed by atoms with van der Waals surface area (Å²) in [5.41, 5.74) is 3.51. The van der Waals surface area contributed by atoms with Crippen molar-refractivity contribution in [3.05, 3.63) is 54.6 Å². The van der Waals surface area contributed by atoms with Crippen molar-refractivity contribution >= 4 is 5.82 Å². The van der Waals surface area contributed by atoms with E-state index in [4.69, 9.17) is 0 Å². The first-order valence-electron chi connectivity index (χ1n) is 7.31. The molecule has 3 aromatic rings. The Bertz CT molecular complexity index is 783. The Labute approximate surface area is 133 Å². The van der Waals surface area contributed by atoms with Gasteiger partial charge in [0.1, 0.15) is 11.6 Å². The number of nitrogens with zero attached hydrogens (tertiary/aromatic N) is 2. The molecular formula is C17H17FN4O. The van der Waals surface area contributed by atoms with Gasteiger partial charge < -0.3 is 10.4 Å². The molecule has 0 spiro atoms. The number of benzene rings is 1. The summed E-state index contributed by atoms with van der Waals surface area (Å²) in [4.78, 5) is 4.23. The Balaban J connectivity index is 1.92. The van der Waals surface area contributed by atoms with Crippen LogP contribution in [0, 0.1) is 5.82 Å². The summed E-state index contributed by atoms with van der Waals surface area (Å²) in [5.74, 6) is 0.401. The summed E-state index contributed by atoms with van der Waals surface area (Å²) >= 11 is 0. The number of aliphatic hydroxyl groups excluding tert-OH is 1. The summed E-state index contributed by atoms with van der Waals surface area (Å²) in [6.07, 6.45) is 2.97. The number of aliphatic hydroxyl groups is 1. The predicted octanol–water partition coefficient (Wildman–Crippen LogP) is 3.07. The van der Waals surface area contributed by atoms with E-state index in [1.807, 2.05) is 12.1 Å². The normalized spacial score (nSPS) is 12.1. The largest absolute Gasteiger partial charge is 0.392 e. The van der Waals surface area contributed by atoms with Crippen LogP contribution in [0.5, 0.6) is 0 Å². The van der Waals surface area contributed by atoms with Crippen molar-refractivity contribution in [2.75, 3.05) is 11.9 Å². The van der Waals surface area contributed by atoms with Crippen LogP contribution >= 0.6 is 0 Å². The molecule has 3 N–H and O–H groups in total. The minimum absolute atomic E-state index is 0.275. The van der Waals surface area contributed by atoms with Gasteiger partial charge in [0.25, 0.3) is 0 Å². The van der Waals surface area contributed by atoms with Crippen molar-refractivity contribution < 1.29 is 9.50 Å². The molecule has 0 fully saturated rings. The molecule has 118 valence electrons. The fraction of sp³-hybridized carbons (Fsp3) is 0.176. The Morgan fingerprint density at radius 1 is 1.22 bits per heavy atom. The smallest absolute Gasteiger partial charge is 0.126 e. The van der Waals surface area contributed by atoms with Gasteiger partial charge in [0.2, 0.25) is 0 Å². The number of aromatic nitrogens is 3. The zero-order chi connectivity index (χ0) is 16.2. The minimum atomic E-state index is -0.454. The number of pyridine rings is 1. The summed E-state index contributed by atoms with van der Waals surface area (Å²) in [6.45, 7) is 2.13. The quantitative estimate of drug-likeness (QED) is 0.677. The third kappa shape index (κ3) is 3.54. The maximum atomic E-state index is 13.1. The van der Waals surface area contributed by atoms with Crippen LogP contribution in [0.3, 0.4) is 0 Å². The van der Waals surface area contributed by atoms with Gasteiger partial charge in [-0.15, -0.1) is 0 Å². The van der Waals surface area contributed by atoms with Crippen LogP contribution in [0.1, 0.15) is 6.92 Å². The van der Waals surface area contributed by atoms with E-state index in [1.54, 1.807) is 31.5 Å². The van der Waals surface area contributed by atoms with Gasteiger partial charge in [-0.1, -0.05) is 0 Å². The number of anilines is 1. The molecule has 1 atom stereocenters. The number of rotatable bonds is 5. The van der Waals surface area contributed by atoms with Gasteiger partial charge in [-0.05, 0) is 48.9 Å². The molecule has 2 heterocycles. The standard InChI is InChI=1S/C17H17FN4O/c1-11(23)9-20-16-8-13(6-7-19-16)15-10-21-22-17(15)12-2-4-14(18)5-3-12/h2-8,10-11,23H,9H2,1H3,(H,19,20)(H,21,22)/t11-/m0/s1. The summed E-state index contributed by atoms with van der Waals surface area (Å²) in [7, 11) is 0. The Hall–Kier alpha value is -2.73. The highest BCUT2D eigenvalue weighted by atomic mass is 19.1. The molecule has 2 aromatic heterocycles. The van der Waals surface area contributed by atoms with Crippen molar-refractivity contribution in [3.63, 3.8) is 0 Å². The van der Waals surface area contributed by atoms with E-state index >= 15 is 0 Å². The molecule has 23 heavy (non-hydrogen) atoms. The van der Waals surface area contributed by atoms with Gasteiger partial charge in [-0.25, -0.2) is 9.37 Å². The lowest BCUT2D eigenvalue weighted by molar-refractivity contribution is 0.208. The SMILES string of the molecule is C[C@H](O)CNc1cc(-c2cn[nH]c2-c2ccc(F)cc2)ccn1. The Morgan fingerprint density at radius 3 is 2.74 bits per heavy atom. The van der Waals surface area contributed by atoms with Crippen LogP contribution in [0.4, 0.5) is 10.2 Å². The van der Waals surface area contributed by atoms with Gasteiger partial charge in [0, 0.05) is 23.9 Å². The monoisotopic (exact) mass is 312 g/mol. The predicted molar refractivity (Wildman–Crippen MR) is 87.4 cm³/mol. The van der Waals surface area contributed by atoms with Gasteiger partial charge in [-0.2, -0.15) is 5.10 Å². The van der Waals surface area contributed by atoms with E-state index < -0.39 is 6.10 Å². The topological polar surface area (TPSA) is 73.8 Å². The summed E-state index contributed by atoms with van der Waals surface area (Å²) < 4.78 is 13.1. The van der Waals surface area contributed by atoms with Crippen LogP contribution in [0.25, 0.3) is 22.4 Å². The van der Waals surface area contributed by atoms with E-state index in [0.29, 0.717) is 12.4 Å². The average Bonchev–Trinajstić information content (AvgIpc) is 3.03. The summed E-state index contributed by atoms with van der Waals surface area (Å²) in [5, 5.41) is 19.5. The van der Waals surface area contributed by atoms with Gasteiger partial charge in [-0.3, -0.25) is 5.10 Å². The van der Waals surface area contributed by atoms with Gasteiger partial charge >= 0.3 is 0 Å². The van der Waals surface area contributed by atoms with E-state index in [2.05, 4.69) is 20.5 Å². The molecule has 0 bridgehead atoms. The second-order valence-electron chi connectivity index (χ2n) is 5.33. The first kappa shape index (κ1) is 15.2. The van der Waals surface area contributed by atoms with Crippen LogP contribution in [-0.4, -0.2) is 32.9 Å². The Morgan fingerprint density at radius 2 is 2.00 bits per heavy atom. The van der Waals surface area contributed by atoms with Crippen molar-refractivity contribution in [3.8, 4) is 22.4 Å². The molecule has 3 rings (SSSR count). The van der Waals surface area contributed by atoms with Crippen molar-refractivity contribution in [1.29, 1.82) is 0 Å². The average molecular weight is 312 g/mol. The van der Waals surface area contributed by atoms with Crippen LogP contribution in [0.15, 0.2) is 48.8 Å². The lowest BCUT2D eigenvalue weighted by Gasteiger charge is -2.09. The van der Waals surface area contributed by atoms with E-state index in [1.165, 1.54) is 12.1 Å². The molecular weight excluding hydrogens is 295 g/mol. The molecule has 0 saturated heterocycles. The van der Waals surface area contributed by atoms with E-state index in [9.17, 15) is 9.50 Å². The number of aromatic amines is 1. The maximum Gasteiger partial charge on any atom is 0.126 e. The van der Waals surface area contributed by atoms with Crippen molar-refractivity contribution in [2.24, 2.45) is 0 Å².